The van der Waals surface area contributed by atoms with Gasteiger partial charge in [-0.2, -0.15) is 0 Å². The van der Waals surface area contributed by atoms with Gasteiger partial charge in [-0.3, -0.25) is 0 Å². The monoisotopic (exact) mass is 518 g/mol. The van der Waals surface area contributed by atoms with Gasteiger partial charge in [0.2, 0.25) is 0 Å². The standard InChI is InChI=1S/C30H62O6/c1-3-5-7-9-11-12-13-14-16-18-20-32-22-24-34-26-28-36-30-29-35-27-25-33-23-21-31-19-17-15-10-8-6-4-2/h3-30H2,1-2H3. The third kappa shape index (κ3) is 33.8. The zero-order chi connectivity index (χ0) is 26.0. The fourth-order valence-electron chi connectivity index (χ4n) is 3.88. The maximum absolute atomic E-state index is 5.64. The number of rotatable bonds is 33. The van der Waals surface area contributed by atoms with E-state index >= 15 is 0 Å². The Bertz CT molecular complexity index is 335. The van der Waals surface area contributed by atoms with Gasteiger partial charge in [0.25, 0.3) is 0 Å². The molecule has 0 aliphatic rings. The molecule has 0 aromatic rings. The molecule has 0 aromatic carbocycles. The van der Waals surface area contributed by atoms with Crippen LogP contribution in [0.15, 0.2) is 0 Å². The molecule has 0 spiro atoms. The average molecular weight is 519 g/mol. The molecule has 0 saturated heterocycles. The molecule has 0 aromatic heterocycles. The van der Waals surface area contributed by atoms with E-state index in [1.54, 1.807) is 0 Å². The van der Waals surface area contributed by atoms with Crippen LogP contribution in [0.1, 0.15) is 117 Å². The van der Waals surface area contributed by atoms with Gasteiger partial charge in [-0.05, 0) is 12.8 Å². The van der Waals surface area contributed by atoms with Crippen molar-refractivity contribution in [3.8, 4) is 0 Å². The molecule has 0 atom stereocenters. The fourth-order valence-corrected chi connectivity index (χ4v) is 3.88. The molecule has 0 heterocycles. The Labute approximate surface area is 224 Å². The van der Waals surface area contributed by atoms with Crippen LogP contribution in [-0.2, 0) is 28.4 Å². The van der Waals surface area contributed by atoms with Crippen molar-refractivity contribution in [1.29, 1.82) is 0 Å². The summed E-state index contributed by atoms with van der Waals surface area (Å²) in [7, 11) is 0. The van der Waals surface area contributed by atoms with E-state index in [1.165, 1.54) is 89.9 Å². The minimum absolute atomic E-state index is 0.583. The van der Waals surface area contributed by atoms with Crippen molar-refractivity contribution >= 4 is 0 Å². The van der Waals surface area contributed by atoms with E-state index in [0.29, 0.717) is 66.1 Å². The van der Waals surface area contributed by atoms with Crippen LogP contribution < -0.4 is 0 Å². The molecule has 0 bridgehead atoms. The fraction of sp³-hybridized carbons (Fsp3) is 1.00. The van der Waals surface area contributed by atoms with E-state index in [-0.39, 0.29) is 0 Å². The lowest BCUT2D eigenvalue weighted by Gasteiger charge is -2.08. The molecule has 0 saturated carbocycles. The summed E-state index contributed by atoms with van der Waals surface area (Å²) >= 11 is 0. The Balaban J connectivity index is 3.00. The summed E-state index contributed by atoms with van der Waals surface area (Å²) in [6.07, 6.45) is 21.3. The first-order chi connectivity index (χ1) is 17.9. The van der Waals surface area contributed by atoms with Gasteiger partial charge in [0.1, 0.15) is 0 Å². The van der Waals surface area contributed by atoms with Gasteiger partial charge >= 0.3 is 0 Å². The van der Waals surface area contributed by atoms with Gasteiger partial charge in [0.05, 0.1) is 66.1 Å². The van der Waals surface area contributed by atoms with Gasteiger partial charge in [-0.1, -0.05) is 104 Å². The van der Waals surface area contributed by atoms with Crippen LogP contribution in [-0.4, -0.2) is 79.3 Å². The SMILES string of the molecule is CCCCCCCCCCCCOCCOCCOCCOCCOCCOCCCCCCCC. The lowest BCUT2D eigenvalue weighted by Crippen LogP contribution is -2.14. The molecule has 0 amide bonds. The smallest absolute Gasteiger partial charge is 0.0701 e. The molecular formula is C30H62O6. The zero-order valence-corrected chi connectivity index (χ0v) is 24.2. The molecule has 0 N–H and O–H groups in total. The Morgan fingerprint density at radius 1 is 0.222 bits per heavy atom. The lowest BCUT2D eigenvalue weighted by molar-refractivity contribution is -0.0169. The highest BCUT2D eigenvalue weighted by molar-refractivity contribution is 4.47. The molecule has 0 aliphatic carbocycles. The Morgan fingerprint density at radius 2 is 0.417 bits per heavy atom. The number of unbranched alkanes of at least 4 members (excludes halogenated alkanes) is 14. The van der Waals surface area contributed by atoms with Gasteiger partial charge in [-0.25, -0.2) is 0 Å². The Hall–Kier alpha value is -0.240. The molecule has 218 valence electrons. The topological polar surface area (TPSA) is 55.4 Å². The minimum atomic E-state index is 0.583. The normalized spacial score (nSPS) is 11.5. The third-order valence-electron chi connectivity index (χ3n) is 6.14. The van der Waals surface area contributed by atoms with Crippen molar-refractivity contribution in [1.82, 2.24) is 0 Å². The van der Waals surface area contributed by atoms with Gasteiger partial charge in [-0.15, -0.1) is 0 Å². The van der Waals surface area contributed by atoms with Crippen molar-refractivity contribution in [2.45, 2.75) is 117 Å². The van der Waals surface area contributed by atoms with Crippen molar-refractivity contribution in [3.05, 3.63) is 0 Å². The maximum Gasteiger partial charge on any atom is 0.0701 e. The van der Waals surface area contributed by atoms with Crippen molar-refractivity contribution in [2.24, 2.45) is 0 Å². The number of hydrogen-bond donors (Lipinski definition) is 0. The Kier molecular flexibility index (Phi) is 34.5. The summed E-state index contributed by atoms with van der Waals surface area (Å²) in [6, 6.07) is 0. The molecule has 0 aliphatic heterocycles. The van der Waals surface area contributed by atoms with E-state index in [4.69, 9.17) is 28.4 Å². The summed E-state index contributed by atoms with van der Waals surface area (Å²) in [5, 5.41) is 0. The molecule has 0 rings (SSSR count). The highest BCUT2D eigenvalue weighted by Gasteiger charge is 1.96. The maximum atomic E-state index is 5.64. The first-order valence-corrected chi connectivity index (χ1v) is 15.4. The molecule has 0 fully saturated rings. The lowest BCUT2D eigenvalue weighted by atomic mass is 10.1. The summed E-state index contributed by atoms with van der Waals surface area (Å²) < 4.78 is 33.3. The van der Waals surface area contributed by atoms with E-state index in [1.807, 2.05) is 0 Å². The van der Waals surface area contributed by atoms with E-state index in [2.05, 4.69) is 13.8 Å². The first kappa shape index (κ1) is 35.8. The van der Waals surface area contributed by atoms with E-state index in [9.17, 15) is 0 Å². The molecular weight excluding hydrogens is 456 g/mol. The summed E-state index contributed by atoms with van der Waals surface area (Å²) in [4.78, 5) is 0. The molecule has 6 heteroatoms. The number of hydrogen-bond acceptors (Lipinski definition) is 6. The van der Waals surface area contributed by atoms with Crippen molar-refractivity contribution in [3.63, 3.8) is 0 Å². The highest BCUT2D eigenvalue weighted by Crippen LogP contribution is 2.10. The first-order valence-electron chi connectivity index (χ1n) is 15.4. The van der Waals surface area contributed by atoms with Crippen LogP contribution in [0.5, 0.6) is 0 Å². The Morgan fingerprint density at radius 3 is 0.667 bits per heavy atom. The second-order valence-corrected chi connectivity index (χ2v) is 9.62. The predicted octanol–water partition coefficient (Wildman–Crippen LogP) is 7.37. The second kappa shape index (κ2) is 34.8. The highest BCUT2D eigenvalue weighted by atomic mass is 16.6. The summed E-state index contributed by atoms with van der Waals surface area (Å²) in [5.41, 5.74) is 0. The van der Waals surface area contributed by atoms with Crippen LogP contribution in [0.4, 0.5) is 0 Å². The predicted molar refractivity (Wildman–Crippen MR) is 150 cm³/mol. The molecule has 6 nitrogen and oxygen atoms in total. The largest absolute Gasteiger partial charge is 0.379 e. The van der Waals surface area contributed by atoms with Gasteiger partial charge < -0.3 is 28.4 Å². The second-order valence-electron chi connectivity index (χ2n) is 9.62. The summed E-state index contributed by atoms with van der Waals surface area (Å²) in [5.74, 6) is 0. The van der Waals surface area contributed by atoms with Crippen molar-refractivity contribution < 1.29 is 28.4 Å². The molecule has 36 heavy (non-hydrogen) atoms. The van der Waals surface area contributed by atoms with E-state index < -0.39 is 0 Å². The van der Waals surface area contributed by atoms with Crippen LogP contribution >= 0.6 is 0 Å². The van der Waals surface area contributed by atoms with Crippen LogP contribution in [0.25, 0.3) is 0 Å². The molecule has 0 radical (unpaired) electrons. The third-order valence-corrected chi connectivity index (χ3v) is 6.14. The van der Waals surface area contributed by atoms with Crippen LogP contribution in [0.2, 0.25) is 0 Å². The van der Waals surface area contributed by atoms with Gasteiger partial charge in [0, 0.05) is 13.2 Å². The zero-order valence-electron chi connectivity index (χ0n) is 24.2. The number of ether oxygens (including phenoxy) is 6. The minimum Gasteiger partial charge on any atom is -0.379 e. The van der Waals surface area contributed by atoms with Gasteiger partial charge in [0.15, 0.2) is 0 Å². The quantitative estimate of drug-likeness (QED) is 0.0846. The van der Waals surface area contributed by atoms with E-state index in [0.717, 1.165) is 26.1 Å². The summed E-state index contributed by atoms with van der Waals surface area (Å²) in [6.45, 7) is 12.4. The van der Waals surface area contributed by atoms with Crippen molar-refractivity contribution in [2.75, 3.05) is 79.3 Å². The average Bonchev–Trinajstić information content (AvgIpc) is 2.89. The van der Waals surface area contributed by atoms with Crippen LogP contribution in [0.3, 0.4) is 0 Å². The molecule has 0 unspecified atom stereocenters. The van der Waals surface area contributed by atoms with Crippen LogP contribution in [0, 0.1) is 0 Å².